The fourth-order valence-electron chi connectivity index (χ4n) is 4.09. The van der Waals surface area contributed by atoms with Gasteiger partial charge in [-0.05, 0) is 30.2 Å². The molecule has 1 unspecified atom stereocenters. The number of aromatic amines is 1. The minimum atomic E-state index is 0.0128. The standard InChI is InChI=1S/C20H21Cl2N5O2/c21-13-1-2-18-12(7-13)8-14(11-29-18)26-4-3-16-17(10-26)24-20(23-16)19-15(22)9-27(25-19)5-6-28/h1-2,7,9,14,28H,3-6,8,10-11H2,(H,23,24). The zero-order valence-corrected chi connectivity index (χ0v) is 17.2. The number of imidazole rings is 1. The van der Waals surface area contributed by atoms with Crippen molar-refractivity contribution in [2.45, 2.75) is 32.0 Å². The van der Waals surface area contributed by atoms with E-state index < -0.39 is 0 Å². The van der Waals surface area contributed by atoms with Gasteiger partial charge in [0.1, 0.15) is 18.1 Å². The van der Waals surface area contributed by atoms with E-state index in [0.29, 0.717) is 35.7 Å². The minimum absolute atomic E-state index is 0.0128. The monoisotopic (exact) mass is 433 g/mol. The molecule has 0 saturated heterocycles. The number of ether oxygens (including phenoxy) is 1. The summed E-state index contributed by atoms with van der Waals surface area (Å²) in [5.41, 5.74) is 3.93. The Morgan fingerprint density at radius 3 is 3.07 bits per heavy atom. The van der Waals surface area contributed by atoms with Crippen LogP contribution in [0.2, 0.25) is 10.0 Å². The predicted octanol–water partition coefficient (Wildman–Crippen LogP) is 2.93. The van der Waals surface area contributed by atoms with Gasteiger partial charge < -0.3 is 14.8 Å². The topological polar surface area (TPSA) is 79.2 Å². The zero-order valence-electron chi connectivity index (χ0n) is 15.7. The molecule has 9 heteroatoms. The van der Waals surface area contributed by atoms with Crippen LogP contribution in [0.5, 0.6) is 5.75 Å². The lowest BCUT2D eigenvalue weighted by Gasteiger charge is -2.36. The highest BCUT2D eigenvalue weighted by atomic mass is 35.5. The molecule has 152 valence electrons. The first kappa shape index (κ1) is 18.9. The molecule has 0 radical (unpaired) electrons. The average Bonchev–Trinajstić information content (AvgIpc) is 3.30. The summed E-state index contributed by atoms with van der Waals surface area (Å²) in [6, 6.07) is 6.11. The third kappa shape index (κ3) is 3.64. The molecule has 2 aliphatic heterocycles. The number of nitrogens with zero attached hydrogens (tertiary/aromatic N) is 4. The normalized spacial score (nSPS) is 18.9. The number of halogens is 2. The van der Waals surface area contributed by atoms with Gasteiger partial charge >= 0.3 is 0 Å². The van der Waals surface area contributed by atoms with Gasteiger partial charge in [0.2, 0.25) is 0 Å². The average molecular weight is 434 g/mol. The van der Waals surface area contributed by atoms with E-state index in [9.17, 15) is 0 Å². The van der Waals surface area contributed by atoms with Crippen molar-refractivity contribution < 1.29 is 9.84 Å². The number of rotatable bonds is 4. The molecule has 1 atom stereocenters. The molecule has 5 rings (SSSR count). The van der Waals surface area contributed by atoms with E-state index in [-0.39, 0.29) is 6.61 Å². The van der Waals surface area contributed by atoms with Crippen molar-refractivity contribution in [1.82, 2.24) is 24.6 Å². The summed E-state index contributed by atoms with van der Waals surface area (Å²) in [6.07, 6.45) is 3.49. The number of benzene rings is 1. The van der Waals surface area contributed by atoms with Gasteiger partial charge in [0, 0.05) is 36.8 Å². The van der Waals surface area contributed by atoms with Crippen LogP contribution >= 0.6 is 23.2 Å². The molecule has 0 spiro atoms. The SMILES string of the molecule is OCCn1cc(Cl)c(-c2nc3c([nH]2)CN(C2COc4ccc(Cl)cc4C2)CC3)n1. The third-order valence-corrected chi connectivity index (χ3v) is 6.07. The Balaban J connectivity index is 1.34. The van der Waals surface area contributed by atoms with Gasteiger partial charge in [0.25, 0.3) is 0 Å². The van der Waals surface area contributed by atoms with Crippen LogP contribution in [0.1, 0.15) is 17.0 Å². The summed E-state index contributed by atoms with van der Waals surface area (Å²) < 4.78 is 7.60. The van der Waals surface area contributed by atoms with E-state index in [1.165, 1.54) is 0 Å². The molecule has 0 aliphatic carbocycles. The van der Waals surface area contributed by atoms with E-state index in [1.54, 1.807) is 10.9 Å². The molecular formula is C20H21Cl2N5O2. The Morgan fingerprint density at radius 1 is 1.31 bits per heavy atom. The van der Waals surface area contributed by atoms with Crippen molar-refractivity contribution >= 4 is 23.2 Å². The molecule has 2 aliphatic rings. The van der Waals surface area contributed by atoms with Crippen LogP contribution in [0.15, 0.2) is 24.4 Å². The van der Waals surface area contributed by atoms with Gasteiger partial charge in [-0.1, -0.05) is 23.2 Å². The van der Waals surface area contributed by atoms with Crippen molar-refractivity contribution in [2.24, 2.45) is 0 Å². The number of H-pyrrole nitrogens is 1. The maximum Gasteiger partial charge on any atom is 0.160 e. The van der Waals surface area contributed by atoms with E-state index >= 15 is 0 Å². The number of nitrogens with one attached hydrogen (secondary N) is 1. The Kier molecular flexibility index (Phi) is 4.99. The lowest BCUT2D eigenvalue weighted by atomic mass is 9.99. The van der Waals surface area contributed by atoms with Gasteiger partial charge in [-0.15, -0.1) is 0 Å². The lowest BCUT2D eigenvalue weighted by Crippen LogP contribution is -2.45. The molecule has 2 aromatic heterocycles. The van der Waals surface area contributed by atoms with Gasteiger partial charge in [0.15, 0.2) is 5.82 Å². The molecule has 0 amide bonds. The van der Waals surface area contributed by atoms with E-state index in [4.69, 9.17) is 38.0 Å². The van der Waals surface area contributed by atoms with Crippen LogP contribution in [0.4, 0.5) is 0 Å². The predicted molar refractivity (Wildman–Crippen MR) is 110 cm³/mol. The summed E-state index contributed by atoms with van der Waals surface area (Å²) in [7, 11) is 0. The summed E-state index contributed by atoms with van der Waals surface area (Å²) in [5.74, 6) is 1.61. The Bertz CT molecular complexity index is 1050. The van der Waals surface area contributed by atoms with Crippen LogP contribution in [0.25, 0.3) is 11.5 Å². The van der Waals surface area contributed by atoms with Crippen LogP contribution in [-0.2, 0) is 25.9 Å². The van der Waals surface area contributed by atoms with E-state index in [2.05, 4.69) is 15.0 Å². The number of hydrogen-bond acceptors (Lipinski definition) is 5. The molecule has 7 nitrogen and oxygen atoms in total. The van der Waals surface area contributed by atoms with Crippen molar-refractivity contribution in [2.75, 3.05) is 19.8 Å². The number of aliphatic hydroxyl groups is 1. The minimum Gasteiger partial charge on any atom is -0.492 e. The fourth-order valence-corrected chi connectivity index (χ4v) is 4.53. The maximum absolute atomic E-state index is 9.10. The zero-order chi connectivity index (χ0) is 20.0. The third-order valence-electron chi connectivity index (χ3n) is 5.56. The van der Waals surface area contributed by atoms with Crippen LogP contribution in [-0.4, -0.2) is 55.6 Å². The number of hydrogen-bond donors (Lipinski definition) is 2. The molecule has 3 aromatic rings. The highest BCUT2D eigenvalue weighted by Crippen LogP contribution is 2.32. The summed E-state index contributed by atoms with van der Waals surface area (Å²) in [6.45, 7) is 2.79. The molecular weight excluding hydrogens is 413 g/mol. The number of fused-ring (bicyclic) bond motifs is 2. The summed E-state index contributed by atoms with van der Waals surface area (Å²) in [5, 5.41) is 14.8. The number of aliphatic hydroxyl groups excluding tert-OH is 1. The van der Waals surface area contributed by atoms with Crippen molar-refractivity contribution in [1.29, 1.82) is 0 Å². The van der Waals surface area contributed by atoms with Crippen LogP contribution in [0.3, 0.4) is 0 Å². The van der Waals surface area contributed by atoms with E-state index in [0.717, 1.165) is 53.7 Å². The second-order valence-corrected chi connectivity index (χ2v) is 8.31. The first-order valence-electron chi connectivity index (χ1n) is 9.68. The molecule has 4 heterocycles. The Morgan fingerprint density at radius 2 is 2.21 bits per heavy atom. The molecule has 2 N–H and O–H groups in total. The summed E-state index contributed by atoms with van der Waals surface area (Å²) in [4.78, 5) is 10.6. The quantitative estimate of drug-likeness (QED) is 0.660. The fraction of sp³-hybridized carbons (Fsp3) is 0.400. The molecule has 1 aromatic carbocycles. The molecule has 0 saturated carbocycles. The second kappa shape index (κ2) is 7.65. The van der Waals surface area contributed by atoms with Gasteiger partial charge in [-0.3, -0.25) is 9.58 Å². The summed E-state index contributed by atoms with van der Waals surface area (Å²) >= 11 is 12.5. The van der Waals surface area contributed by atoms with Crippen LogP contribution < -0.4 is 4.74 Å². The Labute approximate surface area is 178 Å². The van der Waals surface area contributed by atoms with E-state index in [1.807, 2.05) is 18.2 Å². The smallest absolute Gasteiger partial charge is 0.160 e. The first-order valence-corrected chi connectivity index (χ1v) is 10.4. The van der Waals surface area contributed by atoms with Crippen LogP contribution in [0, 0.1) is 0 Å². The highest BCUT2D eigenvalue weighted by molar-refractivity contribution is 6.32. The number of aromatic nitrogens is 4. The van der Waals surface area contributed by atoms with Crippen molar-refractivity contribution in [3.05, 3.63) is 51.4 Å². The van der Waals surface area contributed by atoms with Gasteiger partial charge in [0.05, 0.1) is 29.6 Å². The molecule has 0 fully saturated rings. The lowest BCUT2D eigenvalue weighted by molar-refractivity contribution is 0.106. The highest BCUT2D eigenvalue weighted by Gasteiger charge is 2.30. The van der Waals surface area contributed by atoms with Gasteiger partial charge in [-0.25, -0.2) is 4.98 Å². The van der Waals surface area contributed by atoms with Crippen molar-refractivity contribution in [3.63, 3.8) is 0 Å². The first-order chi connectivity index (χ1) is 14.1. The van der Waals surface area contributed by atoms with Crippen molar-refractivity contribution in [3.8, 4) is 17.3 Å². The van der Waals surface area contributed by atoms with Gasteiger partial charge in [-0.2, -0.15) is 5.10 Å². The molecule has 29 heavy (non-hydrogen) atoms. The Hall–Kier alpha value is -2.06. The largest absolute Gasteiger partial charge is 0.492 e. The maximum atomic E-state index is 9.10. The second-order valence-electron chi connectivity index (χ2n) is 7.46. The molecule has 0 bridgehead atoms.